The van der Waals surface area contributed by atoms with Crippen LogP contribution in [0.1, 0.15) is 31.5 Å². The highest BCUT2D eigenvalue weighted by Gasteiger charge is 2.29. The summed E-state index contributed by atoms with van der Waals surface area (Å²) < 4.78 is 0. The molecule has 0 bridgehead atoms. The van der Waals surface area contributed by atoms with Gasteiger partial charge in [-0.25, -0.2) is 9.78 Å². The average molecular weight is 341 g/mol. The molecule has 1 saturated heterocycles. The van der Waals surface area contributed by atoms with Crippen molar-refractivity contribution in [2.45, 2.75) is 38.1 Å². The number of H-pyrrole nitrogens is 1. The molecular formula is C19H27N5O. The fourth-order valence-corrected chi connectivity index (χ4v) is 3.60. The van der Waals surface area contributed by atoms with Crippen molar-refractivity contribution in [1.82, 2.24) is 25.5 Å². The molecule has 1 saturated carbocycles. The van der Waals surface area contributed by atoms with Crippen LogP contribution in [0.5, 0.6) is 0 Å². The Morgan fingerprint density at radius 3 is 3.00 bits per heavy atom. The third-order valence-corrected chi connectivity index (χ3v) is 5.14. The molecule has 2 aromatic rings. The van der Waals surface area contributed by atoms with E-state index >= 15 is 0 Å². The zero-order valence-corrected chi connectivity index (χ0v) is 14.6. The van der Waals surface area contributed by atoms with Crippen LogP contribution in [0, 0.1) is 5.92 Å². The number of imidazole rings is 1. The van der Waals surface area contributed by atoms with Crippen LogP contribution in [0.2, 0.25) is 0 Å². The number of fused-ring (bicyclic) bond motifs is 1. The molecule has 3 N–H and O–H groups in total. The van der Waals surface area contributed by atoms with Gasteiger partial charge in [-0.05, 0) is 43.7 Å². The van der Waals surface area contributed by atoms with Gasteiger partial charge in [-0.2, -0.15) is 0 Å². The minimum Gasteiger partial charge on any atom is -0.342 e. The number of nitrogens with zero attached hydrogens (tertiary/aromatic N) is 2. The highest BCUT2D eigenvalue weighted by atomic mass is 16.2. The molecular weight excluding hydrogens is 314 g/mol. The van der Waals surface area contributed by atoms with E-state index in [4.69, 9.17) is 0 Å². The number of hydrogen-bond acceptors (Lipinski definition) is 3. The molecule has 4 rings (SSSR count). The van der Waals surface area contributed by atoms with E-state index in [1.54, 1.807) is 0 Å². The number of benzene rings is 1. The Morgan fingerprint density at radius 1 is 1.28 bits per heavy atom. The Balaban J connectivity index is 1.13. The minimum atomic E-state index is -0.0390. The van der Waals surface area contributed by atoms with Crippen molar-refractivity contribution in [2.75, 3.05) is 26.2 Å². The summed E-state index contributed by atoms with van der Waals surface area (Å²) >= 11 is 0. The maximum absolute atomic E-state index is 12.0. The van der Waals surface area contributed by atoms with E-state index < -0.39 is 0 Å². The quantitative estimate of drug-likeness (QED) is 0.677. The van der Waals surface area contributed by atoms with Crippen LogP contribution < -0.4 is 10.6 Å². The number of carbonyl (C=O) groups excluding carboxylic acids is 1. The average Bonchev–Trinajstić information content (AvgIpc) is 3.15. The molecule has 2 heterocycles. The third kappa shape index (κ3) is 4.51. The second-order valence-corrected chi connectivity index (χ2v) is 7.39. The Labute approximate surface area is 148 Å². The lowest BCUT2D eigenvalue weighted by Gasteiger charge is -2.16. The van der Waals surface area contributed by atoms with E-state index in [0.717, 1.165) is 55.1 Å². The van der Waals surface area contributed by atoms with E-state index in [-0.39, 0.29) is 6.03 Å². The molecule has 25 heavy (non-hydrogen) atoms. The van der Waals surface area contributed by atoms with Gasteiger partial charge in [0.1, 0.15) is 5.82 Å². The van der Waals surface area contributed by atoms with Gasteiger partial charge in [0, 0.05) is 38.6 Å². The van der Waals surface area contributed by atoms with E-state index in [1.165, 1.54) is 19.4 Å². The van der Waals surface area contributed by atoms with Crippen LogP contribution in [0.4, 0.5) is 4.79 Å². The highest BCUT2D eigenvalue weighted by Crippen LogP contribution is 2.30. The molecule has 134 valence electrons. The van der Waals surface area contributed by atoms with Gasteiger partial charge in [0.25, 0.3) is 0 Å². The summed E-state index contributed by atoms with van der Waals surface area (Å²) in [5.74, 6) is 1.90. The van der Waals surface area contributed by atoms with Crippen molar-refractivity contribution in [3.8, 4) is 0 Å². The van der Waals surface area contributed by atoms with Crippen LogP contribution in [-0.2, 0) is 6.42 Å². The van der Waals surface area contributed by atoms with Crippen molar-refractivity contribution in [1.29, 1.82) is 0 Å². The number of aryl methyl sites for hydroxylation is 1. The van der Waals surface area contributed by atoms with Crippen molar-refractivity contribution >= 4 is 17.1 Å². The summed E-state index contributed by atoms with van der Waals surface area (Å²) in [6.45, 7) is 4.01. The second-order valence-electron chi connectivity index (χ2n) is 7.39. The lowest BCUT2D eigenvalue weighted by atomic mass is 10.2. The molecule has 1 unspecified atom stereocenters. The van der Waals surface area contributed by atoms with E-state index in [0.29, 0.717) is 12.6 Å². The molecule has 2 amide bonds. The minimum absolute atomic E-state index is 0.0390. The number of carbonyl (C=O) groups is 1. The van der Waals surface area contributed by atoms with Gasteiger partial charge in [0.2, 0.25) is 0 Å². The first-order valence-electron chi connectivity index (χ1n) is 9.46. The van der Waals surface area contributed by atoms with Gasteiger partial charge in [0.05, 0.1) is 11.0 Å². The van der Waals surface area contributed by atoms with Crippen LogP contribution in [0.25, 0.3) is 11.0 Å². The molecule has 1 aliphatic heterocycles. The number of amides is 2. The molecule has 0 radical (unpaired) electrons. The predicted octanol–water partition coefficient (Wildman–Crippen LogP) is 2.28. The maximum atomic E-state index is 12.0. The third-order valence-electron chi connectivity index (χ3n) is 5.14. The van der Waals surface area contributed by atoms with Crippen LogP contribution >= 0.6 is 0 Å². The summed E-state index contributed by atoms with van der Waals surface area (Å²) in [5, 5.41) is 6.08. The zero-order valence-electron chi connectivity index (χ0n) is 14.6. The van der Waals surface area contributed by atoms with Gasteiger partial charge < -0.3 is 20.5 Å². The van der Waals surface area contributed by atoms with Gasteiger partial charge in [-0.1, -0.05) is 12.1 Å². The summed E-state index contributed by atoms with van der Waals surface area (Å²) in [5.41, 5.74) is 2.07. The van der Waals surface area contributed by atoms with Gasteiger partial charge in [-0.15, -0.1) is 0 Å². The van der Waals surface area contributed by atoms with E-state index in [9.17, 15) is 4.79 Å². The molecule has 2 aliphatic rings. The SMILES string of the molecule is O=C(NCCCc1nc2ccccc2[nH]1)NC1CCN(CC2CC2)C1. The highest BCUT2D eigenvalue weighted by molar-refractivity contribution is 5.75. The number of aromatic amines is 1. The fraction of sp³-hybridized carbons (Fsp3) is 0.579. The molecule has 2 fully saturated rings. The lowest BCUT2D eigenvalue weighted by molar-refractivity contribution is 0.236. The number of nitrogens with one attached hydrogen (secondary N) is 3. The van der Waals surface area contributed by atoms with Gasteiger partial charge >= 0.3 is 6.03 Å². The largest absolute Gasteiger partial charge is 0.342 e. The Morgan fingerprint density at radius 2 is 2.16 bits per heavy atom. The van der Waals surface area contributed by atoms with Crippen molar-refractivity contribution in [3.63, 3.8) is 0 Å². The molecule has 6 heteroatoms. The molecule has 1 aromatic heterocycles. The Bertz CT molecular complexity index is 690. The molecule has 1 aromatic carbocycles. The Hall–Kier alpha value is -2.08. The second kappa shape index (κ2) is 7.44. The summed E-state index contributed by atoms with van der Waals surface area (Å²) in [7, 11) is 0. The van der Waals surface area contributed by atoms with E-state index in [1.807, 2.05) is 24.3 Å². The Kier molecular flexibility index (Phi) is 4.88. The first kappa shape index (κ1) is 16.4. The summed E-state index contributed by atoms with van der Waals surface area (Å²) in [6.07, 6.45) is 5.57. The lowest BCUT2D eigenvalue weighted by Crippen LogP contribution is -2.43. The van der Waals surface area contributed by atoms with Gasteiger partial charge in [0.15, 0.2) is 0 Å². The first-order valence-corrected chi connectivity index (χ1v) is 9.46. The first-order chi connectivity index (χ1) is 12.3. The number of hydrogen-bond donors (Lipinski definition) is 3. The van der Waals surface area contributed by atoms with Crippen molar-refractivity contribution < 1.29 is 4.79 Å². The monoisotopic (exact) mass is 341 g/mol. The van der Waals surface area contributed by atoms with Crippen LogP contribution in [-0.4, -0.2) is 53.1 Å². The number of rotatable bonds is 7. The molecule has 1 aliphatic carbocycles. The fourth-order valence-electron chi connectivity index (χ4n) is 3.60. The smallest absolute Gasteiger partial charge is 0.315 e. The zero-order chi connectivity index (χ0) is 17.1. The topological polar surface area (TPSA) is 73.0 Å². The summed E-state index contributed by atoms with van der Waals surface area (Å²) in [4.78, 5) is 22.4. The van der Waals surface area contributed by atoms with Crippen molar-refractivity contribution in [2.24, 2.45) is 5.92 Å². The molecule has 0 spiro atoms. The standard InChI is InChI=1S/C19H27N5O/c25-19(21-15-9-11-24(13-15)12-14-7-8-14)20-10-3-6-18-22-16-4-1-2-5-17(16)23-18/h1-2,4-5,14-15H,3,6-13H2,(H,22,23)(H2,20,21,25). The van der Waals surface area contributed by atoms with Crippen LogP contribution in [0.3, 0.4) is 0 Å². The number of likely N-dealkylation sites (tertiary alicyclic amines) is 1. The van der Waals surface area contributed by atoms with Crippen LogP contribution in [0.15, 0.2) is 24.3 Å². The molecule has 1 atom stereocenters. The van der Waals surface area contributed by atoms with Gasteiger partial charge in [-0.3, -0.25) is 0 Å². The maximum Gasteiger partial charge on any atom is 0.315 e. The predicted molar refractivity (Wildman–Crippen MR) is 98.5 cm³/mol. The molecule has 6 nitrogen and oxygen atoms in total. The number of aromatic nitrogens is 2. The normalized spacial score (nSPS) is 20.9. The van der Waals surface area contributed by atoms with Crippen molar-refractivity contribution in [3.05, 3.63) is 30.1 Å². The van der Waals surface area contributed by atoms with E-state index in [2.05, 4.69) is 25.5 Å². The number of para-hydroxylation sites is 2. The number of urea groups is 1. The summed E-state index contributed by atoms with van der Waals surface area (Å²) in [6, 6.07) is 8.30.